The second kappa shape index (κ2) is 5.25. The number of hydrogen-bond donors (Lipinski definition) is 3. The zero-order chi connectivity index (χ0) is 15.9. The van der Waals surface area contributed by atoms with Crippen molar-refractivity contribution in [1.82, 2.24) is 0 Å². The molecular weight excluding hydrogens is 286 g/mol. The van der Waals surface area contributed by atoms with E-state index in [1.165, 1.54) is 24.3 Å². The summed E-state index contributed by atoms with van der Waals surface area (Å²) in [4.78, 5) is 25.2. The van der Waals surface area contributed by atoms with Crippen molar-refractivity contribution >= 4 is 11.6 Å². The third-order valence-electron chi connectivity index (χ3n) is 3.47. The minimum absolute atomic E-state index is 0.0346. The van der Waals surface area contributed by atoms with Gasteiger partial charge in [0, 0.05) is 11.1 Å². The quantitative estimate of drug-likeness (QED) is 0.618. The molecule has 0 aromatic heterocycles. The number of benzene rings is 2. The predicted octanol–water partition coefficient (Wildman–Crippen LogP) is 0.823. The van der Waals surface area contributed by atoms with Crippen molar-refractivity contribution in [3.05, 3.63) is 58.7 Å². The van der Waals surface area contributed by atoms with E-state index < -0.39 is 24.4 Å². The third-order valence-corrected chi connectivity index (χ3v) is 3.47. The molecule has 4 N–H and O–H groups in total. The van der Waals surface area contributed by atoms with E-state index >= 15 is 0 Å². The number of ketones is 2. The van der Waals surface area contributed by atoms with Crippen LogP contribution in [-0.2, 0) is 0 Å². The van der Waals surface area contributed by atoms with Crippen LogP contribution < -0.4 is 10.5 Å². The first-order valence-corrected chi connectivity index (χ1v) is 6.62. The fraction of sp³-hybridized carbons (Fsp3) is 0.125. The van der Waals surface area contributed by atoms with Gasteiger partial charge in [-0.25, -0.2) is 0 Å². The van der Waals surface area contributed by atoms with Gasteiger partial charge in [-0.2, -0.15) is 0 Å². The van der Waals surface area contributed by atoms with Crippen molar-refractivity contribution in [1.29, 1.82) is 0 Å². The van der Waals surface area contributed by atoms with Gasteiger partial charge < -0.3 is 14.9 Å². The Morgan fingerprint density at radius 3 is 2.18 bits per heavy atom. The molecule has 0 bridgehead atoms. The summed E-state index contributed by atoms with van der Waals surface area (Å²) in [5.41, 5.74) is 5.86. The molecule has 0 saturated carbocycles. The summed E-state index contributed by atoms with van der Waals surface area (Å²) in [6.45, 7) is -0.450. The number of aliphatic hydroxyl groups excluding tert-OH is 1. The molecule has 6 nitrogen and oxygen atoms in total. The first kappa shape index (κ1) is 14.2. The Morgan fingerprint density at radius 1 is 1.00 bits per heavy atom. The molecule has 3 rings (SSSR count). The predicted molar refractivity (Wildman–Crippen MR) is 77.1 cm³/mol. The number of phenols is 1. The topological polar surface area (TPSA) is 110 Å². The second-order valence-electron chi connectivity index (χ2n) is 4.88. The van der Waals surface area contributed by atoms with Crippen molar-refractivity contribution in [3.63, 3.8) is 0 Å². The first-order valence-electron chi connectivity index (χ1n) is 6.62. The van der Waals surface area contributed by atoms with Crippen LogP contribution in [0.25, 0.3) is 0 Å². The maximum absolute atomic E-state index is 12.6. The number of aliphatic hydroxyl groups is 1. The largest absolute Gasteiger partial charge is 0.507 e. The first-order chi connectivity index (χ1) is 10.5. The van der Waals surface area contributed by atoms with Crippen LogP contribution in [-0.4, -0.2) is 34.6 Å². The number of fused-ring (bicyclic) bond motifs is 2. The summed E-state index contributed by atoms with van der Waals surface area (Å²) in [5, 5.41) is 19.0. The molecule has 0 fully saturated rings. The number of aromatic hydroxyl groups is 1. The van der Waals surface area contributed by atoms with Crippen LogP contribution in [0.1, 0.15) is 31.8 Å². The highest BCUT2D eigenvalue weighted by Crippen LogP contribution is 2.38. The van der Waals surface area contributed by atoms with Gasteiger partial charge >= 0.3 is 0 Å². The number of rotatable bonds is 3. The number of carbonyl (C=O) groups is 2. The number of nitrogens with two attached hydrogens (primary N) is 1. The van der Waals surface area contributed by atoms with Crippen LogP contribution >= 0.6 is 0 Å². The zero-order valence-electron chi connectivity index (χ0n) is 11.4. The Hall–Kier alpha value is -2.70. The summed E-state index contributed by atoms with van der Waals surface area (Å²) >= 11 is 0. The van der Waals surface area contributed by atoms with E-state index in [9.17, 15) is 14.7 Å². The van der Waals surface area contributed by atoms with Crippen LogP contribution in [0, 0.1) is 0 Å². The standard InChI is InChI=1S/C16H13NO5/c17-12(7-18)22-11-6-5-10(19)13-14(11)16(21)9-4-2-1-3-8(9)15(13)20/h1-6,12,18-19H,7,17H2. The summed E-state index contributed by atoms with van der Waals surface area (Å²) < 4.78 is 5.29. The number of hydrogen-bond acceptors (Lipinski definition) is 6. The van der Waals surface area contributed by atoms with Crippen molar-refractivity contribution in [2.75, 3.05) is 6.61 Å². The lowest BCUT2D eigenvalue weighted by atomic mass is 9.83. The van der Waals surface area contributed by atoms with Gasteiger partial charge in [-0.1, -0.05) is 24.3 Å². The third kappa shape index (κ3) is 2.05. The van der Waals surface area contributed by atoms with Crippen molar-refractivity contribution < 1.29 is 24.5 Å². The van der Waals surface area contributed by atoms with E-state index in [0.717, 1.165) is 0 Å². The highest BCUT2D eigenvalue weighted by Gasteiger charge is 2.34. The van der Waals surface area contributed by atoms with Crippen LogP contribution in [0.2, 0.25) is 0 Å². The maximum Gasteiger partial charge on any atom is 0.198 e. The maximum atomic E-state index is 12.6. The average molecular weight is 299 g/mol. The summed E-state index contributed by atoms with van der Waals surface area (Å²) in [6, 6.07) is 8.98. The molecule has 1 aliphatic carbocycles. The van der Waals surface area contributed by atoms with Gasteiger partial charge in [0.15, 0.2) is 17.8 Å². The fourth-order valence-corrected chi connectivity index (χ4v) is 2.47. The number of ether oxygens (including phenoxy) is 1. The molecule has 1 unspecified atom stereocenters. The smallest absolute Gasteiger partial charge is 0.198 e. The summed E-state index contributed by atoms with van der Waals surface area (Å²) in [6.07, 6.45) is -1.03. The molecule has 0 spiro atoms. The lowest BCUT2D eigenvalue weighted by molar-refractivity contribution is 0.0956. The highest BCUT2D eigenvalue weighted by atomic mass is 16.5. The van der Waals surface area contributed by atoms with Crippen LogP contribution in [0.4, 0.5) is 0 Å². The Bertz CT molecular complexity index is 784. The SMILES string of the molecule is NC(CO)Oc1ccc(O)c2c1C(=O)c1ccccc1C2=O. The van der Waals surface area contributed by atoms with E-state index in [4.69, 9.17) is 15.6 Å². The van der Waals surface area contributed by atoms with E-state index in [2.05, 4.69) is 0 Å². The van der Waals surface area contributed by atoms with Crippen LogP contribution in [0.3, 0.4) is 0 Å². The van der Waals surface area contributed by atoms with E-state index in [0.29, 0.717) is 0 Å². The van der Waals surface area contributed by atoms with Gasteiger partial charge in [-0.15, -0.1) is 0 Å². The Morgan fingerprint density at radius 2 is 1.59 bits per heavy atom. The number of phenolic OH excluding ortho intramolecular Hbond substituents is 1. The van der Waals surface area contributed by atoms with E-state index in [-0.39, 0.29) is 33.8 Å². The lowest BCUT2D eigenvalue weighted by Gasteiger charge is -2.22. The molecule has 2 aromatic rings. The van der Waals surface area contributed by atoms with Crippen molar-refractivity contribution in [2.24, 2.45) is 5.73 Å². The fourth-order valence-electron chi connectivity index (χ4n) is 2.47. The van der Waals surface area contributed by atoms with Gasteiger partial charge in [0.1, 0.15) is 11.5 Å². The van der Waals surface area contributed by atoms with Gasteiger partial charge in [-0.05, 0) is 12.1 Å². The molecule has 112 valence electrons. The van der Waals surface area contributed by atoms with Gasteiger partial charge in [0.2, 0.25) is 0 Å². The molecule has 0 radical (unpaired) electrons. The Balaban J connectivity index is 2.23. The Kier molecular flexibility index (Phi) is 3.40. The molecule has 1 atom stereocenters. The number of carbonyl (C=O) groups excluding carboxylic acids is 2. The molecule has 0 saturated heterocycles. The highest BCUT2D eigenvalue weighted by molar-refractivity contribution is 6.30. The molecule has 2 aromatic carbocycles. The van der Waals surface area contributed by atoms with E-state index in [1.807, 2.05) is 0 Å². The lowest BCUT2D eigenvalue weighted by Crippen LogP contribution is -2.32. The Labute approximate surface area is 125 Å². The van der Waals surface area contributed by atoms with Gasteiger partial charge in [0.25, 0.3) is 0 Å². The summed E-state index contributed by atoms with van der Waals surface area (Å²) in [7, 11) is 0. The minimum Gasteiger partial charge on any atom is -0.507 e. The molecule has 22 heavy (non-hydrogen) atoms. The molecule has 0 amide bonds. The zero-order valence-corrected chi connectivity index (χ0v) is 11.4. The van der Waals surface area contributed by atoms with Crippen LogP contribution in [0.15, 0.2) is 36.4 Å². The molecule has 0 heterocycles. The van der Waals surface area contributed by atoms with Crippen molar-refractivity contribution in [3.8, 4) is 11.5 Å². The average Bonchev–Trinajstić information content (AvgIpc) is 2.54. The second-order valence-corrected chi connectivity index (χ2v) is 4.88. The monoisotopic (exact) mass is 299 g/mol. The molecule has 1 aliphatic rings. The van der Waals surface area contributed by atoms with Crippen molar-refractivity contribution in [2.45, 2.75) is 6.23 Å². The van der Waals surface area contributed by atoms with Gasteiger partial charge in [0.05, 0.1) is 17.7 Å². The normalized spacial score (nSPS) is 14.3. The van der Waals surface area contributed by atoms with Gasteiger partial charge in [-0.3, -0.25) is 15.3 Å². The minimum atomic E-state index is -1.03. The molecular formula is C16H13NO5. The van der Waals surface area contributed by atoms with Crippen LogP contribution in [0.5, 0.6) is 11.5 Å². The van der Waals surface area contributed by atoms with E-state index in [1.54, 1.807) is 12.1 Å². The molecule has 6 heteroatoms. The molecule has 0 aliphatic heterocycles. The summed E-state index contributed by atoms with van der Waals surface area (Å²) in [5.74, 6) is -1.12.